The summed E-state index contributed by atoms with van der Waals surface area (Å²) in [7, 11) is 0. The van der Waals surface area contributed by atoms with E-state index in [9.17, 15) is 0 Å². The van der Waals surface area contributed by atoms with Crippen LogP contribution >= 0.6 is 0 Å². The average molecular weight is 247 g/mol. The van der Waals surface area contributed by atoms with E-state index >= 15 is 0 Å². The van der Waals surface area contributed by atoms with Crippen molar-refractivity contribution < 1.29 is 4.74 Å². The third-order valence-electron chi connectivity index (χ3n) is 3.99. The van der Waals surface area contributed by atoms with Crippen molar-refractivity contribution in [2.45, 2.75) is 58.1 Å². The molecule has 100 valence electrons. The van der Waals surface area contributed by atoms with Gasteiger partial charge in [0.1, 0.15) is 0 Å². The number of hydrogen-bond donors (Lipinski definition) is 1. The Morgan fingerprint density at radius 2 is 2.00 bits per heavy atom. The Morgan fingerprint density at radius 3 is 2.61 bits per heavy atom. The van der Waals surface area contributed by atoms with Crippen LogP contribution < -0.4 is 5.73 Å². The summed E-state index contributed by atoms with van der Waals surface area (Å²) < 4.78 is 5.80. The van der Waals surface area contributed by atoms with Gasteiger partial charge in [-0.25, -0.2) is 0 Å². The monoisotopic (exact) mass is 247 g/mol. The molecule has 1 fully saturated rings. The molecule has 2 N–H and O–H groups in total. The smallest absolute Gasteiger partial charge is 0.0767 e. The van der Waals surface area contributed by atoms with Crippen LogP contribution in [-0.4, -0.2) is 12.7 Å². The molecule has 0 spiro atoms. The minimum absolute atomic E-state index is 0.0292. The Balaban J connectivity index is 2.16. The first-order valence-electron chi connectivity index (χ1n) is 7.25. The van der Waals surface area contributed by atoms with Gasteiger partial charge in [0, 0.05) is 6.61 Å². The summed E-state index contributed by atoms with van der Waals surface area (Å²) in [6, 6.07) is 6.72. The molecule has 0 aliphatic carbocycles. The zero-order chi connectivity index (χ0) is 13.0. The second-order valence-corrected chi connectivity index (χ2v) is 5.17. The minimum atomic E-state index is 0.0292. The third-order valence-corrected chi connectivity index (χ3v) is 3.99. The molecular weight excluding hydrogens is 222 g/mol. The van der Waals surface area contributed by atoms with E-state index < -0.39 is 0 Å². The molecule has 0 saturated carbocycles. The van der Waals surface area contributed by atoms with E-state index in [1.54, 1.807) is 0 Å². The highest BCUT2D eigenvalue weighted by atomic mass is 16.5. The Morgan fingerprint density at radius 1 is 1.22 bits per heavy atom. The highest BCUT2D eigenvalue weighted by Crippen LogP contribution is 2.26. The van der Waals surface area contributed by atoms with Gasteiger partial charge in [0.25, 0.3) is 0 Å². The van der Waals surface area contributed by atoms with Crippen molar-refractivity contribution in [3.63, 3.8) is 0 Å². The zero-order valence-electron chi connectivity index (χ0n) is 11.6. The molecule has 2 unspecified atom stereocenters. The van der Waals surface area contributed by atoms with Gasteiger partial charge in [-0.05, 0) is 48.8 Å². The zero-order valence-corrected chi connectivity index (χ0v) is 11.6. The van der Waals surface area contributed by atoms with Crippen LogP contribution in [0.15, 0.2) is 18.2 Å². The molecule has 1 aromatic carbocycles. The van der Waals surface area contributed by atoms with Gasteiger partial charge in [-0.1, -0.05) is 32.0 Å². The number of nitrogens with two attached hydrogens (primary N) is 1. The Kier molecular flexibility index (Phi) is 4.79. The van der Waals surface area contributed by atoms with E-state index in [0.717, 1.165) is 25.9 Å². The van der Waals surface area contributed by atoms with Crippen LogP contribution in [0.1, 0.15) is 55.8 Å². The second kappa shape index (κ2) is 6.35. The number of ether oxygens (including phenoxy) is 1. The van der Waals surface area contributed by atoms with Crippen LogP contribution in [0.2, 0.25) is 0 Å². The molecule has 1 aliphatic rings. The summed E-state index contributed by atoms with van der Waals surface area (Å²) in [6.45, 7) is 5.28. The molecule has 2 heteroatoms. The molecule has 0 bridgehead atoms. The largest absolute Gasteiger partial charge is 0.376 e. The van der Waals surface area contributed by atoms with Gasteiger partial charge < -0.3 is 10.5 Å². The predicted molar refractivity (Wildman–Crippen MR) is 75.7 cm³/mol. The van der Waals surface area contributed by atoms with E-state index in [1.807, 2.05) is 0 Å². The standard InChI is InChI=1S/C16H25NO/c1-3-12-8-9-14(11-13(12)4-2)16(17)15-7-5-6-10-18-15/h8-9,11,15-16H,3-7,10,17H2,1-2H3. The highest BCUT2D eigenvalue weighted by molar-refractivity contribution is 5.34. The summed E-state index contributed by atoms with van der Waals surface area (Å²) in [5.74, 6) is 0. The van der Waals surface area contributed by atoms with Gasteiger partial charge in [0.2, 0.25) is 0 Å². The van der Waals surface area contributed by atoms with Crippen LogP contribution in [0.4, 0.5) is 0 Å². The van der Waals surface area contributed by atoms with Crippen LogP contribution in [0, 0.1) is 0 Å². The van der Waals surface area contributed by atoms with Crippen molar-refractivity contribution in [2.24, 2.45) is 5.73 Å². The van der Waals surface area contributed by atoms with Gasteiger partial charge >= 0.3 is 0 Å². The molecule has 1 aromatic rings. The first-order chi connectivity index (χ1) is 8.76. The maximum Gasteiger partial charge on any atom is 0.0767 e. The molecule has 0 amide bonds. The second-order valence-electron chi connectivity index (χ2n) is 5.17. The van der Waals surface area contributed by atoms with Crippen LogP contribution in [0.5, 0.6) is 0 Å². The lowest BCUT2D eigenvalue weighted by atomic mass is 9.92. The molecule has 2 atom stereocenters. The van der Waals surface area contributed by atoms with Crippen molar-refractivity contribution in [1.29, 1.82) is 0 Å². The molecule has 0 aromatic heterocycles. The van der Waals surface area contributed by atoms with Crippen molar-refractivity contribution >= 4 is 0 Å². The van der Waals surface area contributed by atoms with E-state index in [0.29, 0.717) is 0 Å². The van der Waals surface area contributed by atoms with Crippen LogP contribution in [0.25, 0.3) is 0 Å². The third kappa shape index (κ3) is 2.93. The molecular formula is C16H25NO. The summed E-state index contributed by atoms with van der Waals surface area (Å²) in [6.07, 6.45) is 5.90. The Bertz CT molecular complexity index is 383. The van der Waals surface area contributed by atoms with Crippen molar-refractivity contribution in [3.05, 3.63) is 34.9 Å². The minimum Gasteiger partial charge on any atom is -0.376 e. The topological polar surface area (TPSA) is 35.2 Å². The molecule has 0 radical (unpaired) electrons. The first-order valence-corrected chi connectivity index (χ1v) is 7.25. The number of hydrogen-bond acceptors (Lipinski definition) is 2. The van der Waals surface area contributed by atoms with Gasteiger partial charge in [0.05, 0.1) is 12.1 Å². The Labute approximate surface area is 111 Å². The molecule has 2 nitrogen and oxygen atoms in total. The van der Waals surface area contributed by atoms with Crippen molar-refractivity contribution in [2.75, 3.05) is 6.61 Å². The molecule has 1 aliphatic heterocycles. The lowest BCUT2D eigenvalue weighted by molar-refractivity contribution is 0.000000312. The quantitative estimate of drug-likeness (QED) is 0.885. The summed E-state index contributed by atoms with van der Waals surface area (Å²) in [5.41, 5.74) is 10.5. The van der Waals surface area contributed by atoms with E-state index in [-0.39, 0.29) is 12.1 Å². The van der Waals surface area contributed by atoms with E-state index in [4.69, 9.17) is 10.5 Å². The van der Waals surface area contributed by atoms with Crippen LogP contribution in [0.3, 0.4) is 0 Å². The maximum atomic E-state index is 6.36. The highest BCUT2D eigenvalue weighted by Gasteiger charge is 2.22. The molecule has 2 rings (SSSR count). The van der Waals surface area contributed by atoms with Gasteiger partial charge in [-0.3, -0.25) is 0 Å². The van der Waals surface area contributed by atoms with E-state index in [2.05, 4.69) is 32.0 Å². The number of aryl methyl sites for hydroxylation is 2. The van der Waals surface area contributed by atoms with Crippen molar-refractivity contribution in [1.82, 2.24) is 0 Å². The fourth-order valence-electron chi connectivity index (χ4n) is 2.79. The van der Waals surface area contributed by atoms with E-state index in [1.165, 1.54) is 29.5 Å². The fraction of sp³-hybridized carbons (Fsp3) is 0.625. The van der Waals surface area contributed by atoms with Gasteiger partial charge in [0.15, 0.2) is 0 Å². The molecule has 18 heavy (non-hydrogen) atoms. The van der Waals surface area contributed by atoms with Crippen molar-refractivity contribution in [3.8, 4) is 0 Å². The summed E-state index contributed by atoms with van der Waals surface area (Å²) in [4.78, 5) is 0. The number of rotatable bonds is 4. The molecule has 1 heterocycles. The maximum absolute atomic E-state index is 6.36. The summed E-state index contributed by atoms with van der Waals surface area (Å²) >= 11 is 0. The lowest BCUT2D eigenvalue weighted by Gasteiger charge is -2.28. The average Bonchev–Trinajstić information content (AvgIpc) is 2.46. The predicted octanol–water partition coefficient (Wildman–Crippen LogP) is 3.38. The SMILES string of the molecule is CCc1ccc(C(N)C2CCCCO2)cc1CC. The van der Waals surface area contributed by atoms with Crippen LogP contribution in [-0.2, 0) is 17.6 Å². The lowest BCUT2D eigenvalue weighted by Crippen LogP contribution is -2.32. The Hall–Kier alpha value is -0.860. The van der Waals surface area contributed by atoms with Gasteiger partial charge in [-0.2, -0.15) is 0 Å². The first kappa shape index (κ1) is 13.6. The fourth-order valence-corrected chi connectivity index (χ4v) is 2.79. The summed E-state index contributed by atoms with van der Waals surface area (Å²) in [5, 5.41) is 0. The number of benzene rings is 1. The molecule has 1 saturated heterocycles. The van der Waals surface area contributed by atoms with Gasteiger partial charge in [-0.15, -0.1) is 0 Å². The normalized spacial score (nSPS) is 21.8.